The van der Waals surface area contributed by atoms with Crippen LogP contribution in [-0.2, 0) is 11.3 Å². The van der Waals surface area contributed by atoms with Crippen molar-refractivity contribution < 1.29 is 9.84 Å². The van der Waals surface area contributed by atoms with Crippen molar-refractivity contribution in [3.8, 4) is 0 Å². The summed E-state index contributed by atoms with van der Waals surface area (Å²) < 4.78 is 5.29. The fourth-order valence-electron chi connectivity index (χ4n) is 1.67. The number of anilines is 2. The summed E-state index contributed by atoms with van der Waals surface area (Å²) in [5.41, 5.74) is 1.70. The van der Waals surface area contributed by atoms with Crippen molar-refractivity contribution in [2.45, 2.75) is 33.0 Å². The van der Waals surface area contributed by atoms with E-state index in [1.807, 2.05) is 18.9 Å². The van der Waals surface area contributed by atoms with Crippen LogP contribution in [0.25, 0.3) is 0 Å². The summed E-state index contributed by atoms with van der Waals surface area (Å²) in [6, 6.07) is 1.72. The van der Waals surface area contributed by atoms with Crippen LogP contribution in [0, 0.1) is 0 Å². The molecule has 4 N–H and O–H groups in total. The Bertz CT molecular complexity index is 406. The van der Waals surface area contributed by atoms with Gasteiger partial charge in [0.05, 0.1) is 5.60 Å². The van der Waals surface area contributed by atoms with Crippen LogP contribution in [0.3, 0.4) is 0 Å². The predicted molar refractivity (Wildman–Crippen MR) is 74.7 cm³/mol. The number of nitrogen functional groups attached to an aromatic ring is 1. The molecule has 7 heteroatoms. The lowest BCUT2D eigenvalue weighted by molar-refractivity contribution is 0.0884. The topological polar surface area (TPSA) is 96.5 Å². The smallest absolute Gasteiger partial charge is 0.158 e. The summed E-state index contributed by atoms with van der Waals surface area (Å²) in [5, 5.41) is 9.84. The van der Waals surface area contributed by atoms with Gasteiger partial charge in [-0.1, -0.05) is 0 Å². The van der Waals surface area contributed by atoms with Gasteiger partial charge in [-0.25, -0.2) is 15.8 Å². The molecule has 0 amide bonds. The van der Waals surface area contributed by atoms with E-state index in [0.717, 1.165) is 0 Å². The zero-order valence-electron chi connectivity index (χ0n) is 12.0. The molecule has 1 aromatic heterocycles. The summed E-state index contributed by atoms with van der Waals surface area (Å²) in [5.74, 6) is 7.14. The summed E-state index contributed by atoms with van der Waals surface area (Å²) in [4.78, 5) is 10.4. The molecule has 0 radical (unpaired) electrons. The van der Waals surface area contributed by atoms with E-state index in [9.17, 15) is 5.11 Å². The summed E-state index contributed by atoms with van der Waals surface area (Å²) in [6.45, 7) is 6.77. The van der Waals surface area contributed by atoms with Crippen LogP contribution in [0.1, 0.15) is 26.6 Å². The molecule has 7 nitrogen and oxygen atoms in total. The minimum Gasteiger partial charge on any atom is -0.389 e. The van der Waals surface area contributed by atoms with Crippen LogP contribution in [0.5, 0.6) is 0 Å². The molecule has 0 unspecified atom stereocenters. The largest absolute Gasteiger partial charge is 0.389 e. The second-order valence-corrected chi connectivity index (χ2v) is 4.98. The first-order chi connectivity index (χ1) is 8.85. The zero-order chi connectivity index (χ0) is 14.5. The predicted octanol–water partition coefficient (Wildman–Crippen LogP) is 0.506. The molecule has 19 heavy (non-hydrogen) atoms. The average molecular weight is 269 g/mol. The van der Waals surface area contributed by atoms with Crippen molar-refractivity contribution in [1.82, 2.24) is 9.97 Å². The number of likely N-dealkylation sites (N-methyl/N-ethyl adjacent to an activating group) is 1. The molecule has 1 aromatic rings. The Balaban J connectivity index is 2.92. The van der Waals surface area contributed by atoms with E-state index in [0.29, 0.717) is 37.2 Å². The third kappa shape index (κ3) is 5.37. The van der Waals surface area contributed by atoms with E-state index >= 15 is 0 Å². The van der Waals surface area contributed by atoms with Crippen molar-refractivity contribution in [2.75, 3.05) is 30.5 Å². The number of hydrogen-bond acceptors (Lipinski definition) is 7. The number of rotatable bonds is 7. The van der Waals surface area contributed by atoms with E-state index in [-0.39, 0.29) is 0 Å². The monoisotopic (exact) mass is 269 g/mol. The van der Waals surface area contributed by atoms with E-state index in [1.165, 1.54) is 0 Å². The Hall–Kier alpha value is -1.44. The third-order valence-electron chi connectivity index (χ3n) is 2.36. The fourth-order valence-corrected chi connectivity index (χ4v) is 1.67. The SMILES string of the molecule is CCOCc1nc(NN)cc(N(C)CC(C)(C)O)n1. The van der Waals surface area contributed by atoms with Crippen LogP contribution in [0.4, 0.5) is 11.6 Å². The minimum atomic E-state index is -0.809. The molecule has 0 bridgehead atoms. The zero-order valence-corrected chi connectivity index (χ0v) is 12.0. The van der Waals surface area contributed by atoms with Gasteiger partial charge >= 0.3 is 0 Å². The number of nitrogens with zero attached hydrogens (tertiary/aromatic N) is 3. The van der Waals surface area contributed by atoms with Crippen molar-refractivity contribution in [3.05, 3.63) is 11.9 Å². The number of hydrogen-bond donors (Lipinski definition) is 3. The van der Waals surface area contributed by atoms with E-state index in [2.05, 4.69) is 15.4 Å². The van der Waals surface area contributed by atoms with Crippen LogP contribution < -0.4 is 16.2 Å². The Morgan fingerprint density at radius 3 is 2.68 bits per heavy atom. The minimum absolute atomic E-state index is 0.329. The van der Waals surface area contributed by atoms with Gasteiger partial charge in [0.25, 0.3) is 0 Å². The summed E-state index contributed by atoms with van der Waals surface area (Å²) in [7, 11) is 1.85. The molecule has 1 heterocycles. The number of aliphatic hydroxyl groups is 1. The molecular weight excluding hydrogens is 246 g/mol. The third-order valence-corrected chi connectivity index (χ3v) is 2.36. The van der Waals surface area contributed by atoms with Crippen molar-refractivity contribution in [2.24, 2.45) is 5.84 Å². The number of nitrogens with two attached hydrogens (primary N) is 1. The summed E-state index contributed by atoms with van der Waals surface area (Å²) in [6.07, 6.45) is 0. The first-order valence-electron chi connectivity index (χ1n) is 6.21. The van der Waals surface area contributed by atoms with E-state index < -0.39 is 5.60 Å². The molecule has 0 saturated heterocycles. The number of ether oxygens (including phenoxy) is 1. The quantitative estimate of drug-likeness (QED) is 0.490. The molecule has 0 fully saturated rings. The summed E-state index contributed by atoms with van der Waals surface area (Å²) >= 11 is 0. The highest BCUT2D eigenvalue weighted by Crippen LogP contribution is 2.17. The highest BCUT2D eigenvalue weighted by atomic mass is 16.5. The Morgan fingerprint density at radius 2 is 2.16 bits per heavy atom. The van der Waals surface area contributed by atoms with Gasteiger partial charge in [-0.05, 0) is 20.8 Å². The van der Waals surface area contributed by atoms with Gasteiger partial charge in [-0.2, -0.15) is 0 Å². The lowest BCUT2D eigenvalue weighted by Gasteiger charge is -2.26. The molecule has 0 spiro atoms. The van der Waals surface area contributed by atoms with Gasteiger partial charge < -0.3 is 20.2 Å². The molecule has 0 saturated carbocycles. The van der Waals surface area contributed by atoms with E-state index in [4.69, 9.17) is 10.6 Å². The first kappa shape index (κ1) is 15.6. The van der Waals surface area contributed by atoms with Crippen LogP contribution >= 0.6 is 0 Å². The number of aromatic nitrogens is 2. The fraction of sp³-hybridized carbons (Fsp3) is 0.667. The Labute approximate surface area is 113 Å². The lowest BCUT2D eigenvalue weighted by atomic mass is 10.1. The molecule has 0 aromatic carbocycles. The van der Waals surface area contributed by atoms with Crippen molar-refractivity contribution in [3.63, 3.8) is 0 Å². The molecular formula is C12H23N5O2. The van der Waals surface area contributed by atoms with E-state index in [1.54, 1.807) is 19.9 Å². The van der Waals surface area contributed by atoms with Crippen LogP contribution in [0.2, 0.25) is 0 Å². The maximum absolute atomic E-state index is 9.84. The molecule has 1 rings (SSSR count). The van der Waals surface area contributed by atoms with Crippen LogP contribution in [0.15, 0.2) is 6.07 Å². The standard InChI is InChI=1S/C12H23N5O2/c1-5-19-7-10-14-9(16-13)6-11(15-10)17(4)8-12(2,3)18/h6,18H,5,7-8,13H2,1-4H3,(H,14,15,16). The maximum atomic E-state index is 9.84. The molecule has 0 aliphatic heterocycles. The molecule has 0 aliphatic rings. The highest BCUT2D eigenvalue weighted by molar-refractivity contribution is 5.48. The van der Waals surface area contributed by atoms with Gasteiger partial charge in [0.1, 0.15) is 18.2 Å². The van der Waals surface area contributed by atoms with Gasteiger partial charge in [-0.3, -0.25) is 0 Å². The van der Waals surface area contributed by atoms with Crippen molar-refractivity contribution >= 4 is 11.6 Å². The van der Waals surface area contributed by atoms with Gasteiger partial charge in [0, 0.05) is 26.3 Å². The number of hydrazine groups is 1. The van der Waals surface area contributed by atoms with Gasteiger partial charge in [0.2, 0.25) is 0 Å². The lowest BCUT2D eigenvalue weighted by Crippen LogP contribution is -2.36. The van der Waals surface area contributed by atoms with Crippen molar-refractivity contribution in [1.29, 1.82) is 0 Å². The first-order valence-corrected chi connectivity index (χ1v) is 6.21. The van der Waals surface area contributed by atoms with Gasteiger partial charge in [0.15, 0.2) is 5.82 Å². The normalized spacial score (nSPS) is 11.5. The second-order valence-electron chi connectivity index (χ2n) is 4.98. The van der Waals surface area contributed by atoms with Crippen LogP contribution in [-0.4, -0.2) is 40.9 Å². The molecule has 0 atom stereocenters. The molecule has 0 aliphatic carbocycles. The average Bonchev–Trinajstić information content (AvgIpc) is 2.33. The molecule has 108 valence electrons. The van der Waals surface area contributed by atoms with Gasteiger partial charge in [-0.15, -0.1) is 0 Å². The Morgan fingerprint density at radius 1 is 1.47 bits per heavy atom. The highest BCUT2D eigenvalue weighted by Gasteiger charge is 2.17. The number of nitrogens with one attached hydrogen (secondary N) is 1. The Kier molecular flexibility index (Phi) is 5.46. The second kappa shape index (κ2) is 6.65. The maximum Gasteiger partial charge on any atom is 0.158 e.